The first-order chi connectivity index (χ1) is 9.49. The van der Waals surface area contributed by atoms with Crippen LogP contribution in [-0.2, 0) is 6.42 Å². The number of aromatic nitrogens is 1. The van der Waals surface area contributed by atoms with E-state index in [-0.39, 0.29) is 17.5 Å². The fourth-order valence-corrected chi connectivity index (χ4v) is 1.98. The van der Waals surface area contributed by atoms with Gasteiger partial charge in [-0.2, -0.15) is 0 Å². The lowest BCUT2D eigenvalue weighted by molar-refractivity contribution is 0.0695. The molecule has 0 saturated heterocycles. The number of nitrogens with zero attached hydrogens (tertiary/aromatic N) is 1. The van der Waals surface area contributed by atoms with Crippen LogP contribution in [0.5, 0.6) is 0 Å². The van der Waals surface area contributed by atoms with E-state index in [0.717, 1.165) is 6.07 Å². The molecule has 1 aromatic carbocycles. The average molecular weight is 292 g/mol. The Morgan fingerprint density at radius 2 is 1.90 bits per heavy atom. The lowest BCUT2D eigenvalue weighted by atomic mass is 10.00. The van der Waals surface area contributed by atoms with Gasteiger partial charge in [-0.05, 0) is 29.8 Å². The highest BCUT2D eigenvalue weighted by Crippen LogP contribution is 2.20. The number of hydrogen-bond acceptors (Lipinski definition) is 3. The van der Waals surface area contributed by atoms with E-state index in [0.29, 0.717) is 16.3 Å². The second-order valence-corrected chi connectivity index (χ2v) is 4.50. The minimum Gasteiger partial charge on any atom is -0.478 e. The van der Waals surface area contributed by atoms with Gasteiger partial charge in [-0.3, -0.25) is 4.98 Å². The Balaban J connectivity index is 2.44. The highest BCUT2D eigenvalue weighted by atomic mass is 35.5. The Kier molecular flexibility index (Phi) is 4.00. The lowest BCUT2D eigenvalue weighted by Crippen LogP contribution is -2.07. The van der Waals surface area contributed by atoms with Crippen LogP contribution < -0.4 is 0 Å². The van der Waals surface area contributed by atoms with Crippen molar-refractivity contribution in [3.05, 3.63) is 63.9 Å². The van der Waals surface area contributed by atoms with E-state index < -0.39 is 11.9 Å². The maximum absolute atomic E-state index is 11.2. The molecular formula is C14H10ClNO4. The molecule has 0 radical (unpaired) electrons. The third kappa shape index (κ3) is 2.95. The number of carboxylic acids is 2. The average Bonchev–Trinajstić information content (AvgIpc) is 2.41. The van der Waals surface area contributed by atoms with Gasteiger partial charge in [0.05, 0.1) is 21.8 Å². The SMILES string of the molecule is O=C(O)c1ccc(Cc2ncccc2Cl)c(C(=O)O)c1. The van der Waals surface area contributed by atoms with Gasteiger partial charge >= 0.3 is 11.9 Å². The highest BCUT2D eigenvalue weighted by Gasteiger charge is 2.15. The number of carbonyl (C=O) groups is 2. The van der Waals surface area contributed by atoms with Crippen molar-refractivity contribution in [2.45, 2.75) is 6.42 Å². The molecule has 0 aliphatic rings. The molecule has 0 amide bonds. The number of aromatic carboxylic acids is 2. The zero-order valence-corrected chi connectivity index (χ0v) is 11.0. The maximum Gasteiger partial charge on any atom is 0.336 e. The summed E-state index contributed by atoms with van der Waals surface area (Å²) in [6.07, 6.45) is 1.79. The topological polar surface area (TPSA) is 87.5 Å². The summed E-state index contributed by atoms with van der Waals surface area (Å²) in [6, 6.07) is 7.31. The summed E-state index contributed by atoms with van der Waals surface area (Å²) in [4.78, 5) is 26.2. The van der Waals surface area contributed by atoms with Crippen LogP contribution in [0.1, 0.15) is 32.0 Å². The van der Waals surface area contributed by atoms with Gasteiger partial charge in [0.25, 0.3) is 0 Å². The van der Waals surface area contributed by atoms with Crippen molar-refractivity contribution in [3.63, 3.8) is 0 Å². The van der Waals surface area contributed by atoms with Crippen molar-refractivity contribution in [3.8, 4) is 0 Å². The van der Waals surface area contributed by atoms with Crippen molar-refractivity contribution < 1.29 is 19.8 Å². The summed E-state index contributed by atoms with van der Waals surface area (Å²) < 4.78 is 0. The Morgan fingerprint density at radius 3 is 2.50 bits per heavy atom. The van der Waals surface area contributed by atoms with E-state index in [4.69, 9.17) is 16.7 Å². The van der Waals surface area contributed by atoms with Crippen molar-refractivity contribution in [1.29, 1.82) is 0 Å². The van der Waals surface area contributed by atoms with E-state index >= 15 is 0 Å². The first-order valence-corrected chi connectivity index (χ1v) is 6.05. The molecule has 0 atom stereocenters. The summed E-state index contributed by atoms with van der Waals surface area (Å²) in [7, 11) is 0. The first kappa shape index (κ1) is 14.0. The molecule has 6 heteroatoms. The minimum atomic E-state index is -1.19. The van der Waals surface area contributed by atoms with Crippen LogP contribution in [0.2, 0.25) is 5.02 Å². The van der Waals surface area contributed by atoms with E-state index in [2.05, 4.69) is 4.98 Å². The van der Waals surface area contributed by atoms with Crippen LogP contribution >= 0.6 is 11.6 Å². The van der Waals surface area contributed by atoms with Gasteiger partial charge in [-0.15, -0.1) is 0 Å². The number of halogens is 1. The lowest BCUT2D eigenvalue weighted by Gasteiger charge is -2.08. The van der Waals surface area contributed by atoms with Crippen LogP contribution in [0.25, 0.3) is 0 Å². The molecule has 0 aliphatic heterocycles. The van der Waals surface area contributed by atoms with E-state index in [1.165, 1.54) is 12.1 Å². The zero-order valence-electron chi connectivity index (χ0n) is 10.2. The maximum atomic E-state index is 11.2. The zero-order chi connectivity index (χ0) is 14.7. The molecule has 2 aromatic rings. The Morgan fingerprint density at radius 1 is 1.15 bits per heavy atom. The molecule has 1 aromatic heterocycles. The summed E-state index contributed by atoms with van der Waals surface area (Å²) in [5, 5.41) is 18.5. The fraction of sp³-hybridized carbons (Fsp3) is 0.0714. The summed E-state index contributed by atoms with van der Waals surface area (Å²) in [6.45, 7) is 0. The van der Waals surface area contributed by atoms with Crippen LogP contribution in [0, 0.1) is 0 Å². The fourth-order valence-electron chi connectivity index (χ4n) is 1.79. The summed E-state index contributed by atoms with van der Waals surface area (Å²) >= 11 is 5.98. The monoisotopic (exact) mass is 291 g/mol. The van der Waals surface area contributed by atoms with Crippen LogP contribution in [0.15, 0.2) is 36.5 Å². The molecule has 0 saturated carbocycles. The van der Waals surface area contributed by atoms with Crippen molar-refractivity contribution >= 4 is 23.5 Å². The molecule has 0 aliphatic carbocycles. The largest absolute Gasteiger partial charge is 0.478 e. The summed E-state index contributed by atoms with van der Waals surface area (Å²) in [5.74, 6) is -2.36. The van der Waals surface area contributed by atoms with Gasteiger partial charge in [0.15, 0.2) is 0 Å². The van der Waals surface area contributed by atoms with E-state index in [1.54, 1.807) is 18.3 Å². The van der Waals surface area contributed by atoms with Gasteiger partial charge in [-0.1, -0.05) is 17.7 Å². The van der Waals surface area contributed by atoms with Gasteiger partial charge in [0.2, 0.25) is 0 Å². The van der Waals surface area contributed by atoms with E-state index in [1.807, 2.05) is 0 Å². The molecule has 0 bridgehead atoms. The smallest absolute Gasteiger partial charge is 0.336 e. The van der Waals surface area contributed by atoms with Crippen molar-refractivity contribution in [2.75, 3.05) is 0 Å². The van der Waals surface area contributed by atoms with Crippen LogP contribution in [0.4, 0.5) is 0 Å². The van der Waals surface area contributed by atoms with Gasteiger partial charge in [0, 0.05) is 12.6 Å². The highest BCUT2D eigenvalue weighted by molar-refractivity contribution is 6.31. The molecule has 0 spiro atoms. The molecule has 0 fully saturated rings. The third-order valence-corrected chi connectivity index (χ3v) is 3.12. The van der Waals surface area contributed by atoms with Gasteiger partial charge in [0.1, 0.15) is 0 Å². The number of carboxylic acid groups (broad SMARTS) is 2. The number of benzene rings is 1. The number of pyridine rings is 1. The third-order valence-electron chi connectivity index (χ3n) is 2.78. The van der Waals surface area contributed by atoms with Gasteiger partial charge in [-0.25, -0.2) is 9.59 Å². The second-order valence-electron chi connectivity index (χ2n) is 4.09. The number of rotatable bonds is 4. The first-order valence-electron chi connectivity index (χ1n) is 5.68. The Labute approximate surface area is 119 Å². The van der Waals surface area contributed by atoms with Crippen LogP contribution in [0.3, 0.4) is 0 Å². The molecule has 0 unspecified atom stereocenters. The predicted molar refractivity (Wildman–Crippen MR) is 72.4 cm³/mol. The standard InChI is InChI=1S/C14H10ClNO4/c15-11-2-1-5-16-12(11)7-8-3-4-9(13(17)18)6-10(8)14(19)20/h1-6H,7H2,(H,17,18)(H,19,20). The van der Waals surface area contributed by atoms with Crippen molar-refractivity contribution in [1.82, 2.24) is 4.98 Å². The van der Waals surface area contributed by atoms with Crippen molar-refractivity contribution in [2.24, 2.45) is 0 Å². The molecule has 5 nitrogen and oxygen atoms in total. The molecule has 20 heavy (non-hydrogen) atoms. The predicted octanol–water partition coefficient (Wildman–Crippen LogP) is 2.72. The Bertz CT molecular complexity index is 685. The molecule has 1 heterocycles. The minimum absolute atomic E-state index is 0.0633. The molecule has 2 N–H and O–H groups in total. The number of hydrogen-bond donors (Lipinski definition) is 2. The molecule has 102 valence electrons. The van der Waals surface area contributed by atoms with Crippen LogP contribution in [-0.4, -0.2) is 27.1 Å². The molecule has 2 rings (SSSR count). The summed E-state index contributed by atoms with van der Waals surface area (Å²) in [5.41, 5.74) is 0.868. The quantitative estimate of drug-likeness (QED) is 0.904. The van der Waals surface area contributed by atoms with Gasteiger partial charge < -0.3 is 10.2 Å². The Hall–Kier alpha value is -2.40. The normalized spacial score (nSPS) is 10.2. The molecular weight excluding hydrogens is 282 g/mol. The van der Waals surface area contributed by atoms with E-state index in [9.17, 15) is 14.7 Å². The second kappa shape index (κ2) is 5.71.